The molecule has 0 aromatic rings. The second-order valence-electron chi connectivity index (χ2n) is 8.18. The lowest BCUT2D eigenvalue weighted by Crippen LogP contribution is -2.01. The van der Waals surface area contributed by atoms with Gasteiger partial charge in [0, 0.05) is 6.42 Å². The molecule has 0 unspecified atom stereocenters. The Balaban J connectivity index is 4.64. The zero-order valence-corrected chi connectivity index (χ0v) is 20.0. The number of unbranched alkanes of at least 4 members (excludes halogenated alkanes) is 2. The molecule has 0 nitrogen and oxygen atoms in total. The lowest BCUT2D eigenvalue weighted by Gasteiger charge is -2.16. The van der Waals surface area contributed by atoms with Crippen molar-refractivity contribution in [2.75, 3.05) is 0 Å². The minimum absolute atomic E-state index is 0.551. The van der Waals surface area contributed by atoms with Gasteiger partial charge in [0.1, 0.15) is 0 Å². The van der Waals surface area contributed by atoms with Gasteiger partial charge in [0.25, 0.3) is 0 Å². The van der Waals surface area contributed by atoms with Gasteiger partial charge >= 0.3 is 0 Å². The summed E-state index contributed by atoms with van der Waals surface area (Å²) in [5, 5.41) is 0. The first-order chi connectivity index (χ1) is 14.0. The van der Waals surface area contributed by atoms with Gasteiger partial charge in [0.15, 0.2) is 0 Å². The van der Waals surface area contributed by atoms with Crippen LogP contribution in [0.1, 0.15) is 98.8 Å². The average molecular weight is 395 g/mol. The Morgan fingerprint density at radius 3 is 2.07 bits per heavy atom. The van der Waals surface area contributed by atoms with Crippen molar-refractivity contribution >= 4 is 0 Å². The molecule has 0 heterocycles. The lowest BCUT2D eigenvalue weighted by molar-refractivity contribution is 0.389. The highest BCUT2D eigenvalue weighted by molar-refractivity contribution is 5.44. The van der Waals surface area contributed by atoms with Gasteiger partial charge in [-0.1, -0.05) is 128 Å². The van der Waals surface area contributed by atoms with Crippen LogP contribution in [0.2, 0.25) is 0 Å². The van der Waals surface area contributed by atoms with Crippen LogP contribution in [0.25, 0.3) is 0 Å². The van der Waals surface area contributed by atoms with Crippen LogP contribution in [-0.2, 0) is 0 Å². The Morgan fingerprint density at radius 2 is 1.52 bits per heavy atom. The largest absolute Gasteiger partial charge is 0.0988 e. The molecule has 0 rings (SSSR count). The van der Waals surface area contributed by atoms with E-state index in [-0.39, 0.29) is 0 Å². The zero-order chi connectivity index (χ0) is 21.9. The molecule has 0 aliphatic carbocycles. The maximum atomic E-state index is 4.04. The molecule has 0 fully saturated rings. The summed E-state index contributed by atoms with van der Waals surface area (Å²) in [6.45, 7) is 19.1. The van der Waals surface area contributed by atoms with Gasteiger partial charge in [-0.15, -0.1) is 0 Å². The number of hydrogen-bond acceptors (Lipinski definition) is 0. The number of hydrogen-bond donors (Lipinski definition) is 0. The topological polar surface area (TPSA) is 0 Å². The van der Waals surface area contributed by atoms with Crippen LogP contribution in [0.3, 0.4) is 0 Å². The minimum Gasteiger partial charge on any atom is -0.0988 e. The Bertz CT molecular complexity index is 594. The molecule has 0 spiro atoms. The fourth-order valence-electron chi connectivity index (χ4n) is 3.79. The van der Waals surface area contributed by atoms with E-state index in [1.54, 1.807) is 0 Å². The smallest absolute Gasteiger partial charge is 0.00637 e. The molecule has 162 valence electrons. The van der Waals surface area contributed by atoms with Crippen molar-refractivity contribution in [1.82, 2.24) is 0 Å². The maximum Gasteiger partial charge on any atom is 0.00637 e. The van der Waals surface area contributed by atoms with E-state index in [4.69, 9.17) is 0 Å². The van der Waals surface area contributed by atoms with E-state index in [1.165, 1.54) is 68.9 Å². The molecule has 0 saturated heterocycles. The fraction of sp³-hybridized carbons (Fsp3) is 0.586. The summed E-state index contributed by atoms with van der Waals surface area (Å²) in [6, 6.07) is 0. The molecule has 0 aliphatic heterocycles. The van der Waals surface area contributed by atoms with Crippen molar-refractivity contribution in [2.24, 2.45) is 11.8 Å². The van der Waals surface area contributed by atoms with Crippen LogP contribution in [0, 0.1) is 23.7 Å². The van der Waals surface area contributed by atoms with E-state index in [0.717, 1.165) is 17.9 Å². The van der Waals surface area contributed by atoms with Crippen molar-refractivity contribution < 1.29 is 0 Å². The van der Waals surface area contributed by atoms with Crippen molar-refractivity contribution in [1.29, 1.82) is 0 Å². The fourth-order valence-corrected chi connectivity index (χ4v) is 3.79. The van der Waals surface area contributed by atoms with Crippen LogP contribution in [0.5, 0.6) is 0 Å². The summed E-state index contributed by atoms with van der Waals surface area (Å²) in [4.78, 5) is 0. The van der Waals surface area contributed by atoms with E-state index < -0.39 is 0 Å². The molecular formula is C29H46. The molecule has 0 bridgehead atoms. The van der Waals surface area contributed by atoms with E-state index in [2.05, 4.69) is 71.8 Å². The van der Waals surface area contributed by atoms with Crippen molar-refractivity contribution in [3.63, 3.8) is 0 Å². The van der Waals surface area contributed by atoms with Crippen molar-refractivity contribution in [3.05, 3.63) is 60.3 Å². The minimum atomic E-state index is 0.551. The first kappa shape index (κ1) is 27.3. The summed E-state index contributed by atoms with van der Waals surface area (Å²) < 4.78 is 0. The highest BCUT2D eigenvalue weighted by Crippen LogP contribution is 2.24. The molecule has 0 heteroatoms. The standard InChI is InChI=1S/C29H46/c1-8-13-15-22-28(11-4)26(7)23-24-29(12-5)25(6)20-16-14-17-21-27(18-9-2)19-10-3/h11-12,22-25,27H,4-5,8-10,14,16-21H2,1-3,6-7H3/b26-23+,28-22+,29-24+/t25-/m1/s1. The molecule has 0 amide bonds. The van der Waals surface area contributed by atoms with Crippen LogP contribution in [0.4, 0.5) is 0 Å². The normalized spacial score (nSPS) is 13.8. The van der Waals surface area contributed by atoms with E-state index in [1.807, 2.05) is 18.2 Å². The zero-order valence-electron chi connectivity index (χ0n) is 20.0. The van der Waals surface area contributed by atoms with Crippen LogP contribution < -0.4 is 0 Å². The van der Waals surface area contributed by atoms with Gasteiger partial charge < -0.3 is 0 Å². The van der Waals surface area contributed by atoms with Gasteiger partial charge in [-0.2, -0.15) is 0 Å². The predicted molar refractivity (Wildman–Crippen MR) is 134 cm³/mol. The molecule has 0 N–H and O–H groups in total. The van der Waals surface area contributed by atoms with Crippen LogP contribution >= 0.6 is 0 Å². The Kier molecular flexibility index (Phi) is 17.2. The third kappa shape index (κ3) is 13.2. The SMILES string of the molecule is C=C\C(=C/C=C(C)/C(C=C)=C/C#CCC)[C@H](C)CCCCCC(CCC)CCC. The van der Waals surface area contributed by atoms with Gasteiger partial charge in [-0.3, -0.25) is 0 Å². The first-order valence-corrected chi connectivity index (χ1v) is 11.9. The summed E-state index contributed by atoms with van der Waals surface area (Å²) in [5.74, 6) is 7.68. The monoisotopic (exact) mass is 394 g/mol. The van der Waals surface area contributed by atoms with Gasteiger partial charge in [0.2, 0.25) is 0 Å². The first-order valence-electron chi connectivity index (χ1n) is 11.9. The molecule has 0 aromatic heterocycles. The summed E-state index contributed by atoms with van der Waals surface area (Å²) in [5.41, 5.74) is 3.60. The van der Waals surface area contributed by atoms with Crippen LogP contribution in [0.15, 0.2) is 60.3 Å². The summed E-state index contributed by atoms with van der Waals surface area (Å²) in [7, 11) is 0. The average Bonchev–Trinajstić information content (AvgIpc) is 2.71. The highest BCUT2D eigenvalue weighted by Gasteiger charge is 2.08. The lowest BCUT2D eigenvalue weighted by atomic mass is 9.90. The summed E-state index contributed by atoms with van der Waals surface area (Å²) in [6.07, 6.45) is 23.3. The van der Waals surface area contributed by atoms with Crippen LogP contribution in [-0.4, -0.2) is 0 Å². The molecule has 0 radical (unpaired) electrons. The third-order valence-electron chi connectivity index (χ3n) is 5.66. The highest BCUT2D eigenvalue weighted by atomic mass is 14.1. The van der Waals surface area contributed by atoms with Crippen molar-refractivity contribution in [2.45, 2.75) is 98.8 Å². The molecule has 0 saturated carbocycles. The van der Waals surface area contributed by atoms with E-state index in [9.17, 15) is 0 Å². The summed E-state index contributed by atoms with van der Waals surface area (Å²) >= 11 is 0. The van der Waals surface area contributed by atoms with Gasteiger partial charge in [0.05, 0.1) is 0 Å². The van der Waals surface area contributed by atoms with Gasteiger partial charge in [-0.05, 0) is 48.0 Å². The molecule has 29 heavy (non-hydrogen) atoms. The second kappa shape index (κ2) is 18.3. The maximum absolute atomic E-state index is 4.04. The Hall–Kier alpha value is -1.74. The van der Waals surface area contributed by atoms with E-state index in [0.29, 0.717) is 5.92 Å². The van der Waals surface area contributed by atoms with E-state index >= 15 is 0 Å². The Morgan fingerprint density at radius 1 is 0.862 bits per heavy atom. The molecular weight excluding hydrogens is 348 g/mol. The molecule has 0 aromatic carbocycles. The molecule has 0 aliphatic rings. The number of allylic oxidation sites excluding steroid dienone is 8. The predicted octanol–water partition coefficient (Wildman–Crippen LogP) is 9.37. The quantitative estimate of drug-likeness (QED) is 0.147. The van der Waals surface area contributed by atoms with Crippen molar-refractivity contribution in [3.8, 4) is 11.8 Å². The number of rotatable bonds is 15. The second-order valence-corrected chi connectivity index (χ2v) is 8.18. The van der Waals surface area contributed by atoms with Gasteiger partial charge in [-0.25, -0.2) is 0 Å². The molecule has 1 atom stereocenters. The Labute approximate surface area is 183 Å². The third-order valence-corrected chi connectivity index (χ3v) is 5.66.